The van der Waals surface area contributed by atoms with Crippen LogP contribution >= 0.6 is 0 Å². The highest BCUT2D eigenvalue weighted by atomic mass is 16.3. The SMILES string of the molecule is CCc1nn(C)cc1C(O)c1cncnc1. The minimum Gasteiger partial charge on any atom is -0.383 e. The maximum Gasteiger partial charge on any atom is 0.115 e. The summed E-state index contributed by atoms with van der Waals surface area (Å²) in [6.07, 6.45) is 6.59. The summed E-state index contributed by atoms with van der Waals surface area (Å²) in [5.41, 5.74) is 2.41. The van der Waals surface area contributed by atoms with Crippen molar-refractivity contribution in [1.29, 1.82) is 0 Å². The van der Waals surface area contributed by atoms with Gasteiger partial charge < -0.3 is 5.11 Å². The molecule has 0 bridgehead atoms. The van der Waals surface area contributed by atoms with Gasteiger partial charge >= 0.3 is 0 Å². The lowest BCUT2D eigenvalue weighted by molar-refractivity contribution is 0.218. The summed E-state index contributed by atoms with van der Waals surface area (Å²) in [5.74, 6) is 0. The van der Waals surface area contributed by atoms with Gasteiger partial charge in [0.1, 0.15) is 12.4 Å². The van der Waals surface area contributed by atoms with E-state index in [1.165, 1.54) is 6.33 Å². The largest absolute Gasteiger partial charge is 0.383 e. The standard InChI is InChI=1S/C11H14N4O/c1-3-10-9(6-15(2)14-10)11(16)8-4-12-7-13-5-8/h4-7,11,16H,3H2,1-2H3. The van der Waals surface area contributed by atoms with E-state index < -0.39 is 6.10 Å². The molecule has 0 radical (unpaired) electrons. The highest BCUT2D eigenvalue weighted by molar-refractivity contribution is 5.28. The van der Waals surface area contributed by atoms with Crippen molar-refractivity contribution in [3.8, 4) is 0 Å². The molecular formula is C11H14N4O. The number of hydrogen-bond donors (Lipinski definition) is 1. The van der Waals surface area contributed by atoms with Crippen LogP contribution in [0.25, 0.3) is 0 Å². The van der Waals surface area contributed by atoms with Gasteiger partial charge in [-0.3, -0.25) is 4.68 Å². The van der Waals surface area contributed by atoms with E-state index in [0.717, 1.165) is 17.7 Å². The van der Waals surface area contributed by atoms with Crippen molar-refractivity contribution in [3.63, 3.8) is 0 Å². The van der Waals surface area contributed by atoms with Crippen LogP contribution in [0.15, 0.2) is 24.9 Å². The van der Waals surface area contributed by atoms with Gasteiger partial charge in [-0.2, -0.15) is 5.10 Å². The van der Waals surface area contributed by atoms with Crippen LogP contribution in [0.4, 0.5) is 0 Å². The number of aryl methyl sites for hydroxylation is 2. The van der Waals surface area contributed by atoms with Gasteiger partial charge in [0.2, 0.25) is 0 Å². The Morgan fingerprint density at radius 3 is 2.69 bits per heavy atom. The Morgan fingerprint density at radius 1 is 1.38 bits per heavy atom. The molecule has 2 rings (SSSR count). The second-order valence-electron chi connectivity index (χ2n) is 3.63. The normalized spacial score (nSPS) is 12.7. The summed E-state index contributed by atoms with van der Waals surface area (Å²) in [7, 11) is 1.84. The number of nitrogens with zero attached hydrogens (tertiary/aromatic N) is 4. The number of hydrogen-bond acceptors (Lipinski definition) is 4. The van der Waals surface area contributed by atoms with Crippen LogP contribution in [-0.2, 0) is 13.5 Å². The quantitative estimate of drug-likeness (QED) is 0.829. The van der Waals surface area contributed by atoms with Gasteiger partial charge in [0, 0.05) is 36.8 Å². The minimum absolute atomic E-state index is 0.685. The fourth-order valence-corrected chi connectivity index (χ4v) is 1.69. The van der Waals surface area contributed by atoms with E-state index in [1.807, 2.05) is 20.2 Å². The molecule has 1 atom stereocenters. The molecular weight excluding hydrogens is 204 g/mol. The maximum atomic E-state index is 10.2. The molecule has 0 amide bonds. The second-order valence-corrected chi connectivity index (χ2v) is 3.63. The monoisotopic (exact) mass is 218 g/mol. The van der Waals surface area contributed by atoms with E-state index in [0.29, 0.717) is 5.56 Å². The summed E-state index contributed by atoms with van der Waals surface area (Å²) >= 11 is 0. The van der Waals surface area contributed by atoms with Crippen molar-refractivity contribution in [1.82, 2.24) is 19.7 Å². The molecule has 2 heterocycles. The molecule has 84 valence electrons. The first-order valence-corrected chi connectivity index (χ1v) is 5.17. The van der Waals surface area contributed by atoms with Crippen LogP contribution in [0.1, 0.15) is 29.8 Å². The van der Waals surface area contributed by atoms with Gasteiger partial charge in [-0.15, -0.1) is 0 Å². The first-order chi connectivity index (χ1) is 7.72. The summed E-state index contributed by atoms with van der Waals surface area (Å²) in [5, 5.41) is 14.5. The fraction of sp³-hybridized carbons (Fsp3) is 0.364. The molecule has 0 fully saturated rings. The molecule has 0 spiro atoms. The maximum absolute atomic E-state index is 10.2. The third-order valence-electron chi connectivity index (χ3n) is 2.46. The Kier molecular flexibility index (Phi) is 2.96. The zero-order valence-corrected chi connectivity index (χ0v) is 9.33. The van der Waals surface area contributed by atoms with E-state index in [4.69, 9.17) is 0 Å². The molecule has 1 N–H and O–H groups in total. The van der Waals surface area contributed by atoms with Crippen molar-refractivity contribution in [3.05, 3.63) is 41.7 Å². The average Bonchev–Trinajstić information content (AvgIpc) is 2.70. The molecule has 5 heteroatoms. The zero-order chi connectivity index (χ0) is 11.5. The summed E-state index contributed by atoms with van der Waals surface area (Å²) < 4.78 is 1.71. The molecule has 0 saturated heterocycles. The van der Waals surface area contributed by atoms with Crippen LogP contribution in [0.5, 0.6) is 0 Å². The molecule has 1 unspecified atom stereocenters. The Bertz CT molecular complexity index is 466. The first kappa shape index (κ1) is 10.8. The van der Waals surface area contributed by atoms with Gasteiger partial charge in [-0.25, -0.2) is 9.97 Å². The smallest absolute Gasteiger partial charge is 0.115 e. The van der Waals surface area contributed by atoms with Crippen molar-refractivity contribution in [2.75, 3.05) is 0 Å². The minimum atomic E-state index is -0.704. The number of aliphatic hydroxyl groups is 1. The highest BCUT2D eigenvalue weighted by Crippen LogP contribution is 2.23. The van der Waals surface area contributed by atoms with Crippen molar-refractivity contribution in [2.24, 2.45) is 7.05 Å². The van der Waals surface area contributed by atoms with Crippen LogP contribution in [-0.4, -0.2) is 24.9 Å². The first-order valence-electron chi connectivity index (χ1n) is 5.17. The lowest BCUT2D eigenvalue weighted by atomic mass is 10.0. The van der Waals surface area contributed by atoms with Gasteiger partial charge in [0.25, 0.3) is 0 Å². The van der Waals surface area contributed by atoms with Crippen LogP contribution < -0.4 is 0 Å². The third kappa shape index (κ3) is 1.94. The topological polar surface area (TPSA) is 63.8 Å². The van der Waals surface area contributed by atoms with Crippen LogP contribution in [0.2, 0.25) is 0 Å². The Labute approximate surface area is 93.8 Å². The lowest BCUT2D eigenvalue weighted by Gasteiger charge is -2.09. The van der Waals surface area contributed by atoms with E-state index in [2.05, 4.69) is 15.1 Å². The molecule has 0 aliphatic carbocycles. The van der Waals surface area contributed by atoms with Gasteiger partial charge in [0.05, 0.1) is 5.69 Å². The lowest BCUT2D eigenvalue weighted by Crippen LogP contribution is -2.02. The van der Waals surface area contributed by atoms with Crippen molar-refractivity contribution in [2.45, 2.75) is 19.4 Å². The summed E-state index contributed by atoms with van der Waals surface area (Å²) in [6, 6.07) is 0. The van der Waals surface area contributed by atoms with Crippen molar-refractivity contribution >= 4 is 0 Å². The molecule has 0 saturated carbocycles. The number of aliphatic hydroxyl groups excluding tert-OH is 1. The van der Waals surface area contributed by atoms with Gasteiger partial charge in [0.15, 0.2) is 0 Å². The molecule has 0 aliphatic rings. The van der Waals surface area contributed by atoms with E-state index in [-0.39, 0.29) is 0 Å². The number of rotatable bonds is 3. The molecule has 2 aromatic heterocycles. The van der Waals surface area contributed by atoms with E-state index in [1.54, 1.807) is 17.1 Å². The Morgan fingerprint density at radius 2 is 2.06 bits per heavy atom. The molecule has 16 heavy (non-hydrogen) atoms. The zero-order valence-electron chi connectivity index (χ0n) is 9.33. The van der Waals surface area contributed by atoms with E-state index in [9.17, 15) is 5.11 Å². The van der Waals surface area contributed by atoms with Crippen LogP contribution in [0.3, 0.4) is 0 Å². The summed E-state index contributed by atoms with van der Waals surface area (Å²) in [4.78, 5) is 7.79. The average molecular weight is 218 g/mol. The number of aromatic nitrogens is 4. The Hall–Kier alpha value is -1.75. The predicted molar refractivity (Wildman–Crippen MR) is 58.7 cm³/mol. The highest BCUT2D eigenvalue weighted by Gasteiger charge is 2.17. The molecule has 5 nitrogen and oxygen atoms in total. The fourth-order valence-electron chi connectivity index (χ4n) is 1.69. The van der Waals surface area contributed by atoms with Crippen LogP contribution in [0, 0.1) is 0 Å². The predicted octanol–water partition coefficient (Wildman–Crippen LogP) is 0.854. The molecule has 0 aliphatic heterocycles. The van der Waals surface area contributed by atoms with Gasteiger partial charge in [-0.05, 0) is 6.42 Å². The molecule has 0 aromatic carbocycles. The Balaban J connectivity index is 2.37. The van der Waals surface area contributed by atoms with Gasteiger partial charge in [-0.1, -0.05) is 6.92 Å². The molecule has 2 aromatic rings. The third-order valence-corrected chi connectivity index (χ3v) is 2.46. The van der Waals surface area contributed by atoms with Crippen molar-refractivity contribution < 1.29 is 5.11 Å². The summed E-state index contributed by atoms with van der Waals surface area (Å²) in [6.45, 7) is 2.01. The second kappa shape index (κ2) is 4.40. The van der Waals surface area contributed by atoms with E-state index >= 15 is 0 Å².